The van der Waals surface area contributed by atoms with E-state index in [4.69, 9.17) is 0 Å². The number of hydrogen-bond acceptors (Lipinski definition) is 3. The Balaban J connectivity index is 2.60. The largest absolute Gasteiger partial charge is 0.322 e. The van der Waals surface area contributed by atoms with Gasteiger partial charge in [-0.2, -0.15) is 11.8 Å². The molecule has 3 atom stereocenters. The highest BCUT2D eigenvalue weighted by Crippen LogP contribution is 2.22. The second-order valence-corrected chi connectivity index (χ2v) is 6.36. The number of hydrogen-bond donors (Lipinski definition) is 1. The van der Waals surface area contributed by atoms with Gasteiger partial charge in [-0.1, -0.05) is 33.6 Å². The van der Waals surface area contributed by atoms with Crippen LogP contribution in [0.25, 0.3) is 0 Å². The molecule has 3 nitrogen and oxygen atoms in total. The van der Waals surface area contributed by atoms with Crippen LogP contribution in [0.5, 0.6) is 0 Å². The second-order valence-electron chi connectivity index (χ2n) is 5.04. The van der Waals surface area contributed by atoms with Gasteiger partial charge in [-0.15, -0.1) is 0 Å². The Morgan fingerprint density at radius 3 is 2.67 bits per heavy atom. The first kappa shape index (κ1) is 15.8. The second kappa shape index (κ2) is 8.05. The first-order valence-electron chi connectivity index (χ1n) is 7.31. The van der Waals surface area contributed by atoms with Crippen LogP contribution in [0, 0.1) is 0 Å². The van der Waals surface area contributed by atoms with Gasteiger partial charge >= 0.3 is 0 Å². The first-order valence-corrected chi connectivity index (χ1v) is 8.47. The Hall–Kier alpha value is -0.220. The van der Waals surface area contributed by atoms with E-state index in [9.17, 15) is 4.79 Å². The molecule has 0 spiro atoms. The van der Waals surface area contributed by atoms with E-state index in [2.05, 4.69) is 37.9 Å². The zero-order valence-corrected chi connectivity index (χ0v) is 13.1. The summed E-state index contributed by atoms with van der Waals surface area (Å²) in [6.45, 7) is 8.67. The summed E-state index contributed by atoms with van der Waals surface area (Å²) >= 11 is 1.92. The van der Waals surface area contributed by atoms with E-state index in [-0.39, 0.29) is 12.2 Å². The molecule has 0 aromatic rings. The van der Waals surface area contributed by atoms with Crippen molar-refractivity contribution in [2.24, 2.45) is 0 Å². The number of carbonyl (C=O) groups is 1. The number of rotatable bonds is 8. The molecule has 0 bridgehead atoms. The molecule has 0 radical (unpaired) electrons. The Kier molecular flexibility index (Phi) is 7.08. The Morgan fingerprint density at radius 1 is 1.39 bits per heavy atom. The summed E-state index contributed by atoms with van der Waals surface area (Å²) in [5.41, 5.74) is 0. The van der Waals surface area contributed by atoms with Crippen molar-refractivity contribution in [2.75, 3.05) is 11.5 Å². The number of unbranched alkanes of at least 4 members (excludes halogenated alkanes) is 1. The van der Waals surface area contributed by atoms with Crippen molar-refractivity contribution in [1.82, 2.24) is 10.2 Å². The highest BCUT2D eigenvalue weighted by atomic mass is 32.2. The van der Waals surface area contributed by atoms with Crippen LogP contribution in [0.2, 0.25) is 0 Å². The van der Waals surface area contributed by atoms with Gasteiger partial charge in [0.2, 0.25) is 5.91 Å². The minimum atomic E-state index is 0.0592. The molecule has 4 heteroatoms. The van der Waals surface area contributed by atoms with Crippen LogP contribution in [0.3, 0.4) is 0 Å². The fourth-order valence-electron chi connectivity index (χ4n) is 2.54. The zero-order chi connectivity index (χ0) is 13.5. The Labute approximate surface area is 116 Å². The SMILES string of the molecule is CCCCC1NC(CC)N(C(C)CSCC)C1=O. The molecule has 18 heavy (non-hydrogen) atoms. The van der Waals surface area contributed by atoms with E-state index in [1.54, 1.807) is 0 Å². The molecule has 1 amide bonds. The maximum Gasteiger partial charge on any atom is 0.241 e. The first-order chi connectivity index (χ1) is 8.65. The lowest BCUT2D eigenvalue weighted by atomic mass is 10.1. The molecular formula is C14H28N2OS. The van der Waals surface area contributed by atoms with Crippen molar-refractivity contribution in [3.05, 3.63) is 0 Å². The molecule has 3 unspecified atom stereocenters. The number of amides is 1. The number of carbonyl (C=O) groups excluding carboxylic acids is 1. The van der Waals surface area contributed by atoms with Crippen LogP contribution >= 0.6 is 11.8 Å². The van der Waals surface area contributed by atoms with E-state index in [1.807, 2.05) is 11.8 Å². The summed E-state index contributed by atoms with van der Waals surface area (Å²) in [4.78, 5) is 14.5. The van der Waals surface area contributed by atoms with Gasteiger partial charge in [-0.25, -0.2) is 0 Å². The van der Waals surface area contributed by atoms with E-state index in [0.29, 0.717) is 11.9 Å². The lowest BCUT2D eigenvalue weighted by Crippen LogP contribution is -2.44. The average molecular weight is 272 g/mol. The molecule has 1 saturated heterocycles. The summed E-state index contributed by atoms with van der Waals surface area (Å²) in [5.74, 6) is 2.48. The van der Waals surface area contributed by atoms with Crippen molar-refractivity contribution in [2.45, 2.75) is 71.6 Å². The number of nitrogens with zero attached hydrogens (tertiary/aromatic N) is 1. The van der Waals surface area contributed by atoms with Crippen LogP contribution in [-0.2, 0) is 4.79 Å². The maximum atomic E-state index is 12.4. The zero-order valence-electron chi connectivity index (χ0n) is 12.2. The molecule has 1 N–H and O–H groups in total. The van der Waals surface area contributed by atoms with Crippen LogP contribution in [0.4, 0.5) is 0 Å². The maximum absolute atomic E-state index is 12.4. The standard InChI is InChI=1S/C14H28N2OS/c1-5-8-9-12-14(17)16(13(6-2)15-12)11(4)10-18-7-3/h11-13,15H,5-10H2,1-4H3. The number of thioether (sulfide) groups is 1. The summed E-state index contributed by atoms with van der Waals surface area (Å²) < 4.78 is 0. The lowest BCUT2D eigenvalue weighted by molar-refractivity contribution is -0.131. The normalized spacial score (nSPS) is 25.8. The minimum Gasteiger partial charge on any atom is -0.322 e. The molecule has 0 aliphatic carbocycles. The quantitative estimate of drug-likeness (QED) is 0.737. The van der Waals surface area contributed by atoms with Gasteiger partial charge in [-0.3, -0.25) is 10.1 Å². The fraction of sp³-hybridized carbons (Fsp3) is 0.929. The Morgan fingerprint density at radius 2 is 2.11 bits per heavy atom. The number of nitrogens with one attached hydrogen (secondary N) is 1. The minimum absolute atomic E-state index is 0.0592. The van der Waals surface area contributed by atoms with E-state index >= 15 is 0 Å². The van der Waals surface area contributed by atoms with Gasteiger partial charge in [0.1, 0.15) is 0 Å². The van der Waals surface area contributed by atoms with Crippen molar-refractivity contribution in [3.8, 4) is 0 Å². The summed E-state index contributed by atoms with van der Waals surface area (Å²) in [7, 11) is 0. The predicted octanol–water partition coefficient (Wildman–Crippen LogP) is 2.85. The smallest absolute Gasteiger partial charge is 0.241 e. The van der Waals surface area contributed by atoms with Crippen LogP contribution in [0.15, 0.2) is 0 Å². The summed E-state index contributed by atoms with van der Waals surface area (Å²) in [5, 5.41) is 3.50. The molecular weight excluding hydrogens is 244 g/mol. The van der Waals surface area contributed by atoms with Crippen LogP contribution in [-0.4, -0.2) is 40.6 Å². The van der Waals surface area contributed by atoms with Crippen molar-refractivity contribution < 1.29 is 4.79 Å². The third-order valence-electron chi connectivity index (χ3n) is 3.55. The molecule has 1 fully saturated rings. The van der Waals surface area contributed by atoms with Crippen LogP contribution in [0.1, 0.15) is 53.4 Å². The lowest BCUT2D eigenvalue weighted by Gasteiger charge is -2.29. The van der Waals surface area contributed by atoms with E-state index < -0.39 is 0 Å². The molecule has 1 heterocycles. The topological polar surface area (TPSA) is 32.3 Å². The van der Waals surface area contributed by atoms with E-state index in [0.717, 1.165) is 37.2 Å². The third-order valence-corrected chi connectivity index (χ3v) is 4.68. The third kappa shape index (κ3) is 3.89. The predicted molar refractivity (Wildman–Crippen MR) is 79.8 cm³/mol. The van der Waals surface area contributed by atoms with Gasteiger partial charge in [0.05, 0.1) is 12.2 Å². The van der Waals surface area contributed by atoms with Gasteiger partial charge < -0.3 is 4.90 Å². The molecule has 1 aliphatic heterocycles. The highest BCUT2D eigenvalue weighted by molar-refractivity contribution is 7.99. The van der Waals surface area contributed by atoms with Gasteiger partial charge in [0, 0.05) is 11.8 Å². The van der Waals surface area contributed by atoms with Crippen LogP contribution < -0.4 is 5.32 Å². The van der Waals surface area contributed by atoms with Gasteiger partial charge in [0.25, 0.3) is 0 Å². The van der Waals surface area contributed by atoms with E-state index in [1.165, 1.54) is 0 Å². The van der Waals surface area contributed by atoms with Gasteiger partial charge in [-0.05, 0) is 25.5 Å². The molecule has 1 rings (SSSR count). The Bertz CT molecular complexity index is 260. The van der Waals surface area contributed by atoms with Crippen molar-refractivity contribution in [1.29, 1.82) is 0 Å². The van der Waals surface area contributed by atoms with Crippen molar-refractivity contribution >= 4 is 17.7 Å². The fourth-order valence-corrected chi connectivity index (χ4v) is 3.28. The average Bonchev–Trinajstić information content (AvgIpc) is 2.70. The molecule has 0 aromatic heterocycles. The summed E-state index contributed by atoms with van der Waals surface area (Å²) in [6, 6.07) is 0.399. The highest BCUT2D eigenvalue weighted by Gasteiger charge is 2.39. The molecule has 0 aromatic carbocycles. The summed E-state index contributed by atoms with van der Waals surface area (Å²) in [6.07, 6.45) is 4.51. The van der Waals surface area contributed by atoms with Gasteiger partial charge in [0.15, 0.2) is 0 Å². The monoisotopic (exact) mass is 272 g/mol. The van der Waals surface area contributed by atoms with Crippen molar-refractivity contribution in [3.63, 3.8) is 0 Å². The molecule has 1 aliphatic rings. The molecule has 106 valence electrons. The molecule has 0 saturated carbocycles.